The Kier molecular flexibility index (Phi) is 4.60. The summed E-state index contributed by atoms with van der Waals surface area (Å²) >= 11 is 0. The number of hydrogen-bond donors (Lipinski definition) is 1. The van der Waals surface area contributed by atoms with Gasteiger partial charge in [-0.25, -0.2) is 0 Å². The van der Waals surface area contributed by atoms with E-state index in [1.165, 1.54) is 19.3 Å². The van der Waals surface area contributed by atoms with Crippen LogP contribution < -0.4 is 5.06 Å². The lowest BCUT2D eigenvalue weighted by atomic mass is 9.65. The van der Waals surface area contributed by atoms with Gasteiger partial charge in [-0.2, -0.15) is 0 Å². The zero-order valence-corrected chi connectivity index (χ0v) is 13.7. The van der Waals surface area contributed by atoms with Crippen molar-refractivity contribution in [2.24, 2.45) is 17.8 Å². The van der Waals surface area contributed by atoms with Gasteiger partial charge in [-0.05, 0) is 50.4 Å². The van der Waals surface area contributed by atoms with Crippen LogP contribution in [0.4, 0.5) is 0 Å². The number of fused-ring (bicyclic) bond motifs is 1. The number of nitrogens with zero attached hydrogens (tertiary/aromatic N) is 1. The predicted molar refractivity (Wildman–Crippen MR) is 84.3 cm³/mol. The molecule has 4 nitrogen and oxygen atoms in total. The molecule has 122 valence electrons. The molecule has 21 heavy (non-hydrogen) atoms. The largest absolute Gasteiger partial charge is 0.634 e. The summed E-state index contributed by atoms with van der Waals surface area (Å²) in [5.74, 6) is 1.85. The Bertz CT molecular complexity index is 361. The Hall–Kier alpha value is -0.160. The van der Waals surface area contributed by atoms with Crippen LogP contribution in [-0.4, -0.2) is 36.9 Å². The van der Waals surface area contributed by atoms with Crippen molar-refractivity contribution in [2.45, 2.75) is 70.4 Å². The summed E-state index contributed by atoms with van der Waals surface area (Å²) in [6.45, 7) is 3.90. The Morgan fingerprint density at radius 1 is 1.14 bits per heavy atom. The molecule has 7 unspecified atom stereocenters. The van der Waals surface area contributed by atoms with E-state index in [0.29, 0.717) is 34.9 Å². The average molecular weight is 296 g/mol. The van der Waals surface area contributed by atoms with E-state index in [-0.39, 0.29) is 4.65 Å². The first kappa shape index (κ1) is 15.7. The molecule has 7 atom stereocenters. The van der Waals surface area contributed by atoms with E-state index in [1.807, 2.05) is 7.05 Å². The van der Waals surface area contributed by atoms with Crippen molar-refractivity contribution in [1.82, 2.24) is 0 Å². The highest BCUT2D eigenvalue weighted by Gasteiger charge is 2.46. The average Bonchev–Trinajstić information content (AvgIpc) is 2.42. The molecule has 0 amide bonds. The molecule has 0 radical (unpaired) electrons. The Labute approximate surface area is 129 Å². The van der Waals surface area contributed by atoms with Gasteiger partial charge in [0.05, 0.1) is 32.2 Å². The van der Waals surface area contributed by atoms with E-state index >= 15 is 0 Å². The zero-order valence-electron chi connectivity index (χ0n) is 13.7. The van der Waals surface area contributed by atoms with E-state index in [0.717, 1.165) is 45.2 Å². The first-order valence-electron chi connectivity index (χ1n) is 9.06. The second-order valence-electron chi connectivity index (χ2n) is 8.25. The van der Waals surface area contributed by atoms with Crippen LogP contribution in [0.5, 0.6) is 0 Å². The fourth-order valence-electron chi connectivity index (χ4n) is 5.49. The molecule has 2 aliphatic heterocycles. The molecule has 3 rings (SSSR count). The second-order valence-corrected chi connectivity index (χ2v) is 8.25. The fraction of sp³-hybridized carbons (Fsp3) is 1.00. The van der Waals surface area contributed by atoms with Gasteiger partial charge in [0.2, 0.25) is 0 Å². The van der Waals surface area contributed by atoms with E-state index in [1.54, 1.807) is 0 Å². The molecule has 0 spiro atoms. The molecule has 3 fully saturated rings. The van der Waals surface area contributed by atoms with Gasteiger partial charge in [0.15, 0.2) is 0 Å². The highest BCUT2D eigenvalue weighted by atomic mass is 16.5. The van der Waals surface area contributed by atoms with Crippen molar-refractivity contribution < 1.29 is 9.71 Å². The molecule has 2 heterocycles. The first-order valence-corrected chi connectivity index (χ1v) is 9.06. The number of rotatable bonds is 2. The maximum atomic E-state index is 12.8. The van der Waals surface area contributed by atoms with Crippen LogP contribution >= 0.6 is 0 Å². The molecule has 4 heteroatoms. The summed E-state index contributed by atoms with van der Waals surface area (Å²) < 4.78 is -0.0237. The Morgan fingerprint density at radius 2 is 1.95 bits per heavy atom. The molecular formula is C17H32N2O2. The van der Waals surface area contributed by atoms with Crippen molar-refractivity contribution in [3.05, 3.63) is 10.4 Å². The van der Waals surface area contributed by atoms with Gasteiger partial charge < -0.3 is 20.1 Å². The lowest BCUT2D eigenvalue weighted by Gasteiger charge is -2.57. The number of hydroxylamine groups is 5. The number of hydrogen-bond acceptors (Lipinski definition) is 2. The highest BCUT2D eigenvalue weighted by Crippen LogP contribution is 2.45. The lowest BCUT2D eigenvalue weighted by molar-refractivity contribution is -0.899. The minimum atomic E-state index is -0.0237. The van der Waals surface area contributed by atoms with Crippen LogP contribution in [-0.2, 0) is 0 Å². The van der Waals surface area contributed by atoms with Crippen molar-refractivity contribution in [2.75, 3.05) is 20.1 Å². The third-order valence-electron chi connectivity index (χ3n) is 6.56. The molecule has 0 bridgehead atoms. The van der Waals surface area contributed by atoms with Crippen LogP contribution in [0, 0.1) is 28.2 Å². The van der Waals surface area contributed by atoms with Gasteiger partial charge in [-0.15, -0.1) is 0 Å². The van der Waals surface area contributed by atoms with Crippen LogP contribution in [0.15, 0.2) is 0 Å². The van der Waals surface area contributed by atoms with E-state index in [2.05, 4.69) is 6.92 Å². The molecular weight excluding hydrogens is 264 g/mol. The molecule has 0 aromatic rings. The topological polar surface area (TPSA) is 50.6 Å². The molecule has 3 aliphatic rings. The van der Waals surface area contributed by atoms with Crippen LogP contribution in [0.25, 0.3) is 0 Å². The van der Waals surface area contributed by atoms with Gasteiger partial charge in [-0.1, -0.05) is 6.92 Å². The smallest absolute Gasteiger partial charge is 0.0919 e. The summed E-state index contributed by atoms with van der Waals surface area (Å²) in [6, 6.07) is 0.605. The summed E-state index contributed by atoms with van der Waals surface area (Å²) in [5.41, 5.74) is 0. The van der Waals surface area contributed by atoms with Gasteiger partial charge in [0, 0.05) is 18.8 Å². The van der Waals surface area contributed by atoms with Gasteiger partial charge in [0.1, 0.15) is 0 Å². The monoisotopic (exact) mass is 296 g/mol. The van der Waals surface area contributed by atoms with Gasteiger partial charge in [0.25, 0.3) is 0 Å². The number of piperidine rings is 2. The number of likely N-dealkylation sites (tertiary alicyclic amines) is 1. The summed E-state index contributed by atoms with van der Waals surface area (Å²) in [7, 11) is 1.89. The predicted octanol–water partition coefficient (Wildman–Crippen LogP) is 2.08. The zero-order chi connectivity index (χ0) is 15.0. The molecule has 0 aromatic carbocycles. The first-order chi connectivity index (χ1) is 9.97. The van der Waals surface area contributed by atoms with Crippen molar-refractivity contribution in [3.8, 4) is 0 Å². The summed E-state index contributed by atoms with van der Waals surface area (Å²) in [4.78, 5) is 0. The van der Waals surface area contributed by atoms with Crippen molar-refractivity contribution in [1.29, 1.82) is 0 Å². The molecule has 1 aliphatic carbocycles. The lowest BCUT2D eigenvalue weighted by Crippen LogP contribution is -3.12. The minimum Gasteiger partial charge on any atom is -0.634 e. The van der Waals surface area contributed by atoms with Crippen LogP contribution in [0.3, 0.4) is 0 Å². The van der Waals surface area contributed by atoms with E-state index in [9.17, 15) is 10.4 Å². The quantitative estimate of drug-likeness (QED) is 0.626. The molecule has 0 aromatic heterocycles. The maximum Gasteiger partial charge on any atom is 0.0919 e. The summed E-state index contributed by atoms with van der Waals surface area (Å²) in [5, 5.41) is 25.5. The van der Waals surface area contributed by atoms with Crippen molar-refractivity contribution >= 4 is 0 Å². The summed E-state index contributed by atoms with van der Waals surface area (Å²) in [6.07, 6.45) is 9.13. The molecule has 1 saturated carbocycles. The normalized spacial score (nSPS) is 51.4. The van der Waals surface area contributed by atoms with Crippen LogP contribution in [0.1, 0.15) is 58.3 Å². The second kappa shape index (κ2) is 6.15. The Morgan fingerprint density at radius 3 is 2.71 bits per heavy atom. The van der Waals surface area contributed by atoms with Crippen LogP contribution in [0.2, 0.25) is 0 Å². The third kappa shape index (κ3) is 3.29. The van der Waals surface area contributed by atoms with Crippen molar-refractivity contribution in [3.63, 3.8) is 0 Å². The third-order valence-corrected chi connectivity index (χ3v) is 6.56. The number of quaternary nitrogens is 2. The number of nitrogens with one attached hydrogen (secondary N) is 1. The maximum absolute atomic E-state index is 12.8. The fourth-order valence-corrected chi connectivity index (χ4v) is 5.49. The molecule has 1 N–H and O–H groups in total. The Balaban J connectivity index is 1.71. The minimum absolute atomic E-state index is 0.0237. The van der Waals surface area contributed by atoms with E-state index in [4.69, 9.17) is 0 Å². The highest BCUT2D eigenvalue weighted by molar-refractivity contribution is 4.89. The molecule has 2 saturated heterocycles. The standard InChI is InChI=1S/C17H32N2O2/c1-13-10-14(12-15-6-3-4-8-18(15)20)16-7-5-9-19(2,21)17(16)11-13/h13-18H,3-12H2,1-2H3. The SMILES string of the molecule is CC1CC(CC2CCCC[NH+]2[O-])C2CCC[N+](C)([O-])C2C1. The van der Waals surface area contributed by atoms with Gasteiger partial charge in [-0.3, -0.25) is 0 Å². The van der Waals surface area contributed by atoms with Gasteiger partial charge >= 0.3 is 0 Å². The van der Waals surface area contributed by atoms with E-state index < -0.39 is 0 Å².